The molecule has 2 N–H and O–H groups in total. The second-order valence-electron chi connectivity index (χ2n) is 2.49. The molecular weight excluding hydrogens is 257 g/mol. The van der Waals surface area contributed by atoms with E-state index in [0.29, 0.717) is 6.20 Å². The van der Waals surface area contributed by atoms with E-state index in [0.717, 1.165) is 0 Å². The molecule has 0 saturated carbocycles. The van der Waals surface area contributed by atoms with Gasteiger partial charge in [0.2, 0.25) is 10.0 Å². The summed E-state index contributed by atoms with van der Waals surface area (Å²) in [5.74, 6) is -1.67. The largest absolute Gasteiger partial charge is 0.269 e. The number of alkyl halides is 2. The van der Waals surface area contributed by atoms with Gasteiger partial charge < -0.3 is 0 Å². The Morgan fingerprint density at radius 1 is 1.47 bits per heavy atom. The van der Waals surface area contributed by atoms with Crippen LogP contribution in [-0.2, 0) is 10.0 Å². The molecule has 0 aromatic carbocycles. The van der Waals surface area contributed by atoms with E-state index < -0.39 is 37.9 Å². The van der Waals surface area contributed by atoms with Gasteiger partial charge in [-0.3, -0.25) is 0 Å². The molecule has 0 fully saturated rings. The van der Waals surface area contributed by atoms with Gasteiger partial charge in [0, 0.05) is 0 Å². The van der Waals surface area contributed by atoms with E-state index >= 15 is 0 Å². The number of rotatable bonds is 2. The van der Waals surface area contributed by atoms with Crippen molar-refractivity contribution in [3.63, 3.8) is 0 Å². The Bertz CT molecular complexity index is 491. The highest BCUT2D eigenvalue weighted by atomic mass is 35.5. The maximum absolute atomic E-state index is 13.2. The Hall–Kier alpha value is -0.860. The number of primary sulfonamides is 1. The molecule has 0 unspecified atom stereocenters. The highest BCUT2D eigenvalue weighted by Gasteiger charge is 2.26. The first kappa shape index (κ1) is 12.2. The van der Waals surface area contributed by atoms with E-state index in [-0.39, 0.29) is 0 Å². The van der Waals surface area contributed by atoms with Gasteiger partial charge in [-0.05, 0) is 0 Å². The van der Waals surface area contributed by atoms with E-state index in [9.17, 15) is 21.6 Å². The standard InChI is InChI=1S/C6H4ClF3N2O2S/c7-5-3(6(9)10)4(8)2(1-12-5)15(11,13)14/h1,6H,(H2,11,13,14). The van der Waals surface area contributed by atoms with Crippen LogP contribution in [0.5, 0.6) is 0 Å². The SMILES string of the molecule is NS(=O)(=O)c1cnc(Cl)c(C(F)F)c1F. The van der Waals surface area contributed by atoms with Gasteiger partial charge in [-0.2, -0.15) is 0 Å². The molecule has 0 aliphatic rings. The molecule has 0 amide bonds. The number of halogens is 4. The van der Waals surface area contributed by atoms with Crippen LogP contribution in [0.25, 0.3) is 0 Å². The van der Waals surface area contributed by atoms with Crippen molar-refractivity contribution in [2.45, 2.75) is 11.3 Å². The van der Waals surface area contributed by atoms with E-state index in [1.807, 2.05) is 0 Å². The van der Waals surface area contributed by atoms with Crippen molar-refractivity contribution in [3.8, 4) is 0 Å². The molecule has 9 heteroatoms. The lowest BCUT2D eigenvalue weighted by molar-refractivity contribution is 0.145. The molecule has 1 aromatic rings. The number of nitrogens with zero attached hydrogens (tertiary/aromatic N) is 1. The lowest BCUT2D eigenvalue weighted by atomic mass is 10.3. The van der Waals surface area contributed by atoms with Gasteiger partial charge in [0.15, 0.2) is 5.82 Å². The molecule has 0 aliphatic carbocycles. The summed E-state index contributed by atoms with van der Waals surface area (Å²) >= 11 is 5.18. The number of sulfonamides is 1. The van der Waals surface area contributed by atoms with Crippen LogP contribution >= 0.6 is 11.6 Å². The third-order valence-corrected chi connectivity index (χ3v) is 2.69. The van der Waals surface area contributed by atoms with Crippen molar-refractivity contribution in [1.82, 2.24) is 4.98 Å². The predicted molar refractivity (Wildman–Crippen MR) is 45.5 cm³/mol. The highest BCUT2D eigenvalue weighted by Crippen LogP contribution is 2.30. The minimum atomic E-state index is -4.44. The first-order valence-corrected chi connectivity index (χ1v) is 5.32. The number of pyridine rings is 1. The Morgan fingerprint density at radius 2 is 2.00 bits per heavy atom. The first-order valence-electron chi connectivity index (χ1n) is 3.40. The summed E-state index contributed by atoms with van der Waals surface area (Å²) in [5, 5.41) is 3.78. The van der Waals surface area contributed by atoms with E-state index in [2.05, 4.69) is 10.1 Å². The molecule has 1 heterocycles. The number of nitrogens with two attached hydrogens (primary N) is 1. The Balaban J connectivity index is 3.56. The monoisotopic (exact) mass is 260 g/mol. The topological polar surface area (TPSA) is 73.1 Å². The minimum Gasteiger partial charge on any atom is -0.242 e. The van der Waals surface area contributed by atoms with Crippen molar-refractivity contribution in [1.29, 1.82) is 0 Å². The Labute approximate surface area is 87.9 Å². The normalized spacial score (nSPS) is 12.1. The van der Waals surface area contributed by atoms with Gasteiger partial charge in [0.25, 0.3) is 6.43 Å². The molecule has 0 aliphatic heterocycles. The summed E-state index contributed by atoms with van der Waals surface area (Å²) in [5.41, 5.74) is -1.27. The van der Waals surface area contributed by atoms with E-state index in [4.69, 9.17) is 11.6 Å². The molecule has 0 saturated heterocycles. The fraction of sp³-hybridized carbons (Fsp3) is 0.167. The Kier molecular flexibility index (Phi) is 3.22. The van der Waals surface area contributed by atoms with E-state index in [1.54, 1.807) is 0 Å². The van der Waals surface area contributed by atoms with Gasteiger partial charge in [0.1, 0.15) is 10.0 Å². The molecule has 0 atom stereocenters. The maximum Gasteiger partial charge on any atom is 0.269 e. The minimum absolute atomic E-state index is 0.485. The summed E-state index contributed by atoms with van der Waals surface area (Å²) < 4.78 is 59.2. The predicted octanol–water partition coefficient (Wildman–Crippen LogP) is 1.46. The van der Waals surface area contributed by atoms with Crippen LogP contribution in [-0.4, -0.2) is 13.4 Å². The van der Waals surface area contributed by atoms with Crippen LogP contribution in [0.2, 0.25) is 5.15 Å². The third-order valence-electron chi connectivity index (χ3n) is 1.49. The van der Waals surface area contributed by atoms with Crippen LogP contribution in [0.3, 0.4) is 0 Å². The molecule has 4 nitrogen and oxygen atoms in total. The third kappa shape index (κ3) is 2.39. The number of hydrogen-bond acceptors (Lipinski definition) is 3. The molecule has 0 spiro atoms. The molecule has 1 rings (SSSR count). The molecule has 15 heavy (non-hydrogen) atoms. The summed E-state index contributed by atoms with van der Waals surface area (Å²) in [6, 6.07) is 0. The van der Waals surface area contributed by atoms with Crippen LogP contribution in [0, 0.1) is 5.82 Å². The average Bonchev–Trinajstić information content (AvgIpc) is 2.00. The van der Waals surface area contributed by atoms with Crippen molar-refractivity contribution < 1.29 is 21.6 Å². The highest BCUT2D eigenvalue weighted by molar-refractivity contribution is 7.89. The lowest BCUT2D eigenvalue weighted by Gasteiger charge is -2.06. The summed E-state index contributed by atoms with van der Waals surface area (Å²) in [4.78, 5) is 2.00. The van der Waals surface area contributed by atoms with Crippen LogP contribution in [0.15, 0.2) is 11.1 Å². The van der Waals surface area contributed by atoms with Crippen molar-refractivity contribution in [2.75, 3.05) is 0 Å². The zero-order valence-electron chi connectivity index (χ0n) is 6.92. The smallest absolute Gasteiger partial charge is 0.242 e. The van der Waals surface area contributed by atoms with Crippen molar-refractivity contribution in [2.24, 2.45) is 5.14 Å². The molecular formula is C6H4ClF3N2O2S. The van der Waals surface area contributed by atoms with Gasteiger partial charge in [-0.1, -0.05) is 11.6 Å². The van der Waals surface area contributed by atoms with Gasteiger partial charge in [-0.15, -0.1) is 0 Å². The van der Waals surface area contributed by atoms with Crippen LogP contribution < -0.4 is 5.14 Å². The second-order valence-corrected chi connectivity index (χ2v) is 4.37. The fourth-order valence-corrected chi connectivity index (χ4v) is 1.62. The maximum atomic E-state index is 13.2. The van der Waals surface area contributed by atoms with Gasteiger partial charge in [0.05, 0.1) is 11.8 Å². The van der Waals surface area contributed by atoms with Crippen LogP contribution in [0.4, 0.5) is 13.2 Å². The summed E-state index contributed by atoms with van der Waals surface area (Å²) in [7, 11) is -4.44. The fourth-order valence-electron chi connectivity index (χ4n) is 0.849. The number of hydrogen-bond donors (Lipinski definition) is 1. The average molecular weight is 261 g/mol. The molecule has 84 valence electrons. The summed E-state index contributed by atoms with van der Waals surface area (Å²) in [6.07, 6.45) is -2.79. The summed E-state index contributed by atoms with van der Waals surface area (Å²) in [6.45, 7) is 0. The Morgan fingerprint density at radius 3 is 2.40 bits per heavy atom. The lowest BCUT2D eigenvalue weighted by Crippen LogP contribution is -2.16. The number of aromatic nitrogens is 1. The zero-order chi connectivity index (χ0) is 11.8. The molecule has 0 bridgehead atoms. The zero-order valence-corrected chi connectivity index (χ0v) is 8.49. The quantitative estimate of drug-likeness (QED) is 0.818. The molecule has 0 radical (unpaired) electrons. The van der Waals surface area contributed by atoms with Crippen molar-refractivity contribution >= 4 is 21.6 Å². The van der Waals surface area contributed by atoms with E-state index in [1.165, 1.54) is 0 Å². The first-order chi connectivity index (χ1) is 6.75. The van der Waals surface area contributed by atoms with Gasteiger partial charge >= 0.3 is 0 Å². The molecule has 1 aromatic heterocycles. The van der Waals surface area contributed by atoms with Crippen LogP contribution in [0.1, 0.15) is 12.0 Å². The van der Waals surface area contributed by atoms with Crippen molar-refractivity contribution in [3.05, 3.63) is 22.7 Å². The second kappa shape index (κ2) is 3.95. The van der Waals surface area contributed by atoms with Gasteiger partial charge in [-0.25, -0.2) is 31.7 Å².